The highest BCUT2D eigenvalue weighted by Crippen LogP contribution is 2.31. The van der Waals surface area contributed by atoms with Gasteiger partial charge in [-0.05, 0) is 48.4 Å². The van der Waals surface area contributed by atoms with Crippen LogP contribution in [0.1, 0.15) is 30.0 Å². The lowest BCUT2D eigenvalue weighted by Crippen LogP contribution is -2.45. The normalized spacial score (nSPS) is 11.4. The van der Waals surface area contributed by atoms with Gasteiger partial charge in [-0.25, -0.2) is 9.37 Å². The lowest BCUT2D eigenvalue weighted by molar-refractivity contribution is -0.127. The number of para-hydroxylation sites is 1. The van der Waals surface area contributed by atoms with E-state index in [-0.39, 0.29) is 31.9 Å². The van der Waals surface area contributed by atoms with Crippen LogP contribution < -0.4 is 15.5 Å². The van der Waals surface area contributed by atoms with E-state index < -0.39 is 23.7 Å². The molecule has 8 nitrogen and oxygen atoms in total. The van der Waals surface area contributed by atoms with Crippen LogP contribution in [-0.2, 0) is 19.1 Å². The van der Waals surface area contributed by atoms with Crippen molar-refractivity contribution in [3.05, 3.63) is 89.9 Å². The van der Waals surface area contributed by atoms with Crippen LogP contribution >= 0.6 is 0 Å². The van der Waals surface area contributed by atoms with Gasteiger partial charge in [0.05, 0.1) is 6.61 Å². The minimum atomic E-state index is -1.09. The second kappa shape index (κ2) is 13.1. The summed E-state index contributed by atoms with van der Waals surface area (Å²) in [6, 6.07) is 16.6. The fourth-order valence-electron chi connectivity index (χ4n) is 3.67. The number of hydrogen-bond donors (Lipinski definition) is 2. The van der Waals surface area contributed by atoms with E-state index >= 15 is 0 Å². The van der Waals surface area contributed by atoms with Gasteiger partial charge in [-0.2, -0.15) is 0 Å². The van der Waals surface area contributed by atoms with Crippen molar-refractivity contribution in [2.24, 2.45) is 0 Å². The maximum atomic E-state index is 13.7. The summed E-state index contributed by atoms with van der Waals surface area (Å²) < 4.78 is 18.7. The minimum Gasteiger partial charge on any atom is -0.383 e. The molecule has 0 fully saturated rings. The molecule has 1 unspecified atom stereocenters. The Morgan fingerprint density at radius 2 is 1.72 bits per heavy atom. The first-order valence-electron chi connectivity index (χ1n) is 11.5. The molecule has 0 saturated carbocycles. The van der Waals surface area contributed by atoms with Crippen LogP contribution in [0, 0.1) is 12.7 Å². The van der Waals surface area contributed by atoms with Crippen LogP contribution in [0.25, 0.3) is 0 Å². The van der Waals surface area contributed by atoms with Crippen molar-refractivity contribution in [3.63, 3.8) is 0 Å². The number of pyridine rings is 1. The molecule has 1 heterocycles. The summed E-state index contributed by atoms with van der Waals surface area (Å²) in [6.45, 7) is 2.34. The van der Waals surface area contributed by atoms with Crippen LogP contribution in [-0.4, -0.2) is 43.0 Å². The maximum Gasteiger partial charge on any atom is 0.247 e. The van der Waals surface area contributed by atoms with Crippen LogP contribution in [0.2, 0.25) is 0 Å². The number of nitrogens with zero attached hydrogens (tertiary/aromatic N) is 2. The number of nitrogens with one attached hydrogen (secondary N) is 2. The third kappa shape index (κ3) is 7.19. The minimum absolute atomic E-state index is 0.112. The molecule has 0 radical (unpaired) electrons. The molecular weight excluding hydrogens is 463 g/mol. The van der Waals surface area contributed by atoms with Crippen molar-refractivity contribution in [2.45, 2.75) is 25.8 Å². The summed E-state index contributed by atoms with van der Waals surface area (Å²) >= 11 is 0. The number of carbonyl (C=O) groups is 3. The van der Waals surface area contributed by atoms with Crippen LogP contribution in [0.3, 0.4) is 0 Å². The Bertz CT molecular complexity index is 1170. The molecule has 1 aromatic heterocycles. The molecule has 3 rings (SSSR count). The molecule has 1 atom stereocenters. The summed E-state index contributed by atoms with van der Waals surface area (Å²) in [7, 11) is 1.52. The fourth-order valence-corrected chi connectivity index (χ4v) is 3.67. The van der Waals surface area contributed by atoms with Gasteiger partial charge in [-0.1, -0.05) is 36.4 Å². The predicted octanol–water partition coefficient (Wildman–Crippen LogP) is 3.78. The number of anilines is 2. The number of carbonyl (C=O) groups excluding carboxylic acids is 3. The van der Waals surface area contributed by atoms with Gasteiger partial charge < -0.3 is 15.4 Å². The highest BCUT2D eigenvalue weighted by Gasteiger charge is 2.33. The zero-order valence-corrected chi connectivity index (χ0v) is 20.2. The number of halogens is 1. The summed E-state index contributed by atoms with van der Waals surface area (Å²) in [5.74, 6) is -1.34. The van der Waals surface area contributed by atoms with E-state index in [0.717, 1.165) is 5.56 Å². The highest BCUT2D eigenvalue weighted by atomic mass is 19.1. The molecule has 0 aliphatic carbocycles. The average molecular weight is 493 g/mol. The van der Waals surface area contributed by atoms with Gasteiger partial charge in [0.15, 0.2) is 0 Å². The molecule has 0 bridgehead atoms. The second-order valence-corrected chi connectivity index (χ2v) is 8.05. The van der Waals surface area contributed by atoms with Gasteiger partial charge in [-0.15, -0.1) is 0 Å². The number of benzene rings is 2. The molecule has 2 aromatic carbocycles. The maximum absolute atomic E-state index is 13.7. The zero-order valence-electron chi connectivity index (χ0n) is 20.2. The fraction of sp³-hybridized carbons (Fsp3) is 0.259. The molecule has 36 heavy (non-hydrogen) atoms. The van der Waals surface area contributed by atoms with E-state index in [1.54, 1.807) is 36.5 Å². The van der Waals surface area contributed by atoms with E-state index in [9.17, 15) is 18.8 Å². The molecule has 3 amide bonds. The molecule has 188 valence electrons. The van der Waals surface area contributed by atoms with Gasteiger partial charge in [-0.3, -0.25) is 19.3 Å². The van der Waals surface area contributed by atoms with Crippen molar-refractivity contribution in [1.82, 2.24) is 10.3 Å². The van der Waals surface area contributed by atoms with Gasteiger partial charge >= 0.3 is 0 Å². The topological polar surface area (TPSA) is 101 Å². The Balaban J connectivity index is 1.91. The summed E-state index contributed by atoms with van der Waals surface area (Å²) in [5, 5.41) is 5.44. The average Bonchev–Trinajstić information content (AvgIpc) is 2.88. The second-order valence-electron chi connectivity index (χ2n) is 8.05. The predicted molar refractivity (Wildman–Crippen MR) is 135 cm³/mol. The first kappa shape index (κ1) is 26.5. The number of rotatable bonds is 11. The van der Waals surface area contributed by atoms with Gasteiger partial charge in [0, 0.05) is 38.4 Å². The van der Waals surface area contributed by atoms with Gasteiger partial charge in [0.2, 0.25) is 17.7 Å². The SMILES string of the molecule is COCCNC(=O)C(c1ccc(F)cc1)N(C(=O)CCC(=O)Nc1ccccn1)c1ccccc1C. The molecule has 0 aliphatic heterocycles. The molecule has 2 N–H and O–H groups in total. The first-order chi connectivity index (χ1) is 17.4. The number of ether oxygens (including phenoxy) is 1. The summed E-state index contributed by atoms with van der Waals surface area (Å²) in [6.07, 6.45) is 1.28. The number of hydrogen-bond acceptors (Lipinski definition) is 5. The molecule has 0 spiro atoms. The van der Waals surface area contributed by atoms with Crippen LogP contribution in [0.5, 0.6) is 0 Å². The molecule has 0 saturated heterocycles. The highest BCUT2D eigenvalue weighted by molar-refractivity contribution is 6.03. The lowest BCUT2D eigenvalue weighted by atomic mass is 10.0. The number of methoxy groups -OCH3 is 1. The van der Waals surface area contributed by atoms with Gasteiger partial charge in [0.25, 0.3) is 0 Å². The Morgan fingerprint density at radius 1 is 1.00 bits per heavy atom. The Labute approximate surface area is 209 Å². The number of amides is 3. The van der Waals surface area contributed by atoms with E-state index in [0.29, 0.717) is 17.1 Å². The zero-order chi connectivity index (χ0) is 25.9. The Hall–Kier alpha value is -4.11. The van der Waals surface area contributed by atoms with Crippen molar-refractivity contribution < 1.29 is 23.5 Å². The lowest BCUT2D eigenvalue weighted by Gasteiger charge is -2.32. The third-order valence-corrected chi connectivity index (χ3v) is 5.44. The number of aryl methyl sites for hydroxylation is 1. The monoisotopic (exact) mass is 492 g/mol. The van der Waals surface area contributed by atoms with Crippen molar-refractivity contribution in [3.8, 4) is 0 Å². The molecular formula is C27H29FN4O4. The standard InChI is InChI=1S/C27H29FN4O4/c1-19-7-3-4-8-22(19)32(25(34)15-14-24(33)31-23-9-5-6-16-29-23)26(27(35)30-17-18-36-2)20-10-12-21(28)13-11-20/h3-13,16,26H,14-15,17-18H2,1-2H3,(H,30,35)(H,29,31,33). The summed E-state index contributed by atoms with van der Waals surface area (Å²) in [5.41, 5.74) is 1.71. The molecule has 3 aromatic rings. The van der Waals surface area contributed by atoms with E-state index in [4.69, 9.17) is 4.74 Å². The molecule has 0 aliphatic rings. The van der Waals surface area contributed by atoms with Crippen molar-refractivity contribution in [1.29, 1.82) is 0 Å². The number of aromatic nitrogens is 1. The quantitative estimate of drug-likeness (QED) is 0.397. The first-order valence-corrected chi connectivity index (χ1v) is 11.5. The Kier molecular flexibility index (Phi) is 9.64. The van der Waals surface area contributed by atoms with Crippen molar-refractivity contribution in [2.75, 3.05) is 30.5 Å². The third-order valence-electron chi connectivity index (χ3n) is 5.44. The van der Waals surface area contributed by atoms with E-state index in [1.807, 2.05) is 19.1 Å². The van der Waals surface area contributed by atoms with Crippen LogP contribution in [0.15, 0.2) is 72.9 Å². The molecule has 9 heteroatoms. The van der Waals surface area contributed by atoms with E-state index in [2.05, 4.69) is 15.6 Å². The summed E-state index contributed by atoms with van der Waals surface area (Å²) in [4.78, 5) is 44.9. The van der Waals surface area contributed by atoms with Gasteiger partial charge in [0.1, 0.15) is 17.7 Å². The smallest absolute Gasteiger partial charge is 0.247 e. The van der Waals surface area contributed by atoms with Crippen molar-refractivity contribution >= 4 is 29.2 Å². The van der Waals surface area contributed by atoms with E-state index in [1.165, 1.54) is 36.3 Å². The largest absolute Gasteiger partial charge is 0.383 e. The Morgan fingerprint density at radius 3 is 2.39 bits per heavy atom. The van der Waals surface area contributed by atoms with Crippen LogP contribution in [0.4, 0.5) is 15.9 Å².